The van der Waals surface area contributed by atoms with Gasteiger partial charge in [-0.2, -0.15) is 5.10 Å². The fourth-order valence-electron chi connectivity index (χ4n) is 4.20. The molecule has 0 aliphatic carbocycles. The number of nitrogens with one attached hydrogen (secondary N) is 2. The van der Waals surface area contributed by atoms with Crippen molar-refractivity contribution >= 4 is 35.1 Å². The van der Waals surface area contributed by atoms with Crippen LogP contribution in [0.1, 0.15) is 33.0 Å². The van der Waals surface area contributed by atoms with Crippen LogP contribution in [0.15, 0.2) is 78.0 Å². The van der Waals surface area contributed by atoms with Gasteiger partial charge >= 0.3 is 0 Å². The Morgan fingerprint density at radius 2 is 1.95 bits per heavy atom. The van der Waals surface area contributed by atoms with Crippen molar-refractivity contribution in [1.29, 1.82) is 0 Å². The molecular formula is C28H25N5O4. The lowest BCUT2D eigenvalue weighted by atomic mass is 9.96. The fourth-order valence-corrected chi connectivity index (χ4v) is 4.20. The van der Waals surface area contributed by atoms with E-state index < -0.39 is 5.92 Å². The van der Waals surface area contributed by atoms with Crippen LogP contribution in [-0.2, 0) is 18.3 Å². The Balaban J connectivity index is 1.28. The predicted molar refractivity (Wildman–Crippen MR) is 141 cm³/mol. The minimum absolute atomic E-state index is 0.0154. The highest BCUT2D eigenvalue weighted by atomic mass is 16.5. The average Bonchev–Trinajstić information content (AvgIpc) is 3.46. The third-order valence-corrected chi connectivity index (χ3v) is 6.11. The number of phenolic OH excluding ortho intramolecular Hbond substituents is 1. The normalized spacial score (nSPS) is 14.4. The number of benzene rings is 3. The second kappa shape index (κ2) is 9.98. The summed E-state index contributed by atoms with van der Waals surface area (Å²) in [6.45, 7) is 0. The van der Waals surface area contributed by atoms with E-state index in [1.54, 1.807) is 36.3 Å². The van der Waals surface area contributed by atoms with E-state index in [1.807, 2.05) is 42.5 Å². The Morgan fingerprint density at radius 1 is 1.16 bits per heavy atom. The van der Waals surface area contributed by atoms with Crippen molar-refractivity contribution in [2.24, 2.45) is 12.0 Å². The molecule has 0 saturated heterocycles. The largest absolute Gasteiger partial charge is 0.504 e. The highest BCUT2D eigenvalue weighted by Gasteiger charge is 2.29. The van der Waals surface area contributed by atoms with Crippen LogP contribution in [0.4, 0.5) is 17.1 Å². The third-order valence-electron chi connectivity index (χ3n) is 6.11. The van der Waals surface area contributed by atoms with Gasteiger partial charge in [-0.05, 0) is 53.4 Å². The van der Waals surface area contributed by atoms with Gasteiger partial charge in [0.05, 0.1) is 24.6 Å². The molecule has 5 rings (SSSR count). The van der Waals surface area contributed by atoms with Crippen molar-refractivity contribution in [3.05, 3.63) is 95.3 Å². The van der Waals surface area contributed by atoms with Crippen LogP contribution >= 0.6 is 0 Å². The number of aromatic nitrogens is 2. The lowest BCUT2D eigenvalue weighted by Crippen LogP contribution is -2.12. The van der Waals surface area contributed by atoms with Gasteiger partial charge in [0.25, 0.3) is 5.91 Å². The van der Waals surface area contributed by atoms with Gasteiger partial charge < -0.3 is 20.5 Å². The van der Waals surface area contributed by atoms with Crippen LogP contribution in [0.2, 0.25) is 0 Å². The summed E-state index contributed by atoms with van der Waals surface area (Å²) in [5.74, 6) is -0.560. The van der Waals surface area contributed by atoms with E-state index in [0.29, 0.717) is 29.1 Å². The quantitative estimate of drug-likeness (QED) is 0.328. The van der Waals surface area contributed by atoms with Gasteiger partial charge in [0, 0.05) is 36.9 Å². The summed E-state index contributed by atoms with van der Waals surface area (Å²) in [7, 11) is 3.24. The van der Waals surface area contributed by atoms with Crippen LogP contribution in [0.25, 0.3) is 0 Å². The van der Waals surface area contributed by atoms with Crippen LogP contribution in [0, 0.1) is 0 Å². The first-order valence-electron chi connectivity index (χ1n) is 11.6. The first kappa shape index (κ1) is 23.8. The SMILES string of the molecule is COc1ccc(N=CC2C(=O)Nc3ccc(Cc4ccc(NC(=O)c5cnn(C)c5)cc4)cc32)cc1O. The molecule has 3 N–H and O–H groups in total. The van der Waals surface area contributed by atoms with Gasteiger partial charge in [-0.15, -0.1) is 0 Å². The number of hydrogen-bond donors (Lipinski definition) is 3. The number of hydrogen-bond acceptors (Lipinski definition) is 6. The molecule has 0 radical (unpaired) electrons. The van der Waals surface area contributed by atoms with Crippen molar-refractivity contribution in [1.82, 2.24) is 9.78 Å². The zero-order chi connectivity index (χ0) is 25.9. The highest BCUT2D eigenvalue weighted by molar-refractivity contribution is 6.12. The smallest absolute Gasteiger partial charge is 0.258 e. The molecule has 0 saturated carbocycles. The lowest BCUT2D eigenvalue weighted by Gasteiger charge is -2.09. The van der Waals surface area contributed by atoms with E-state index in [4.69, 9.17) is 4.74 Å². The summed E-state index contributed by atoms with van der Waals surface area (Å²) in [6.07, 6.45) is 5.44. The van der Waals surface area contributed by atoms with E-state index in [2.05, 4.69) is 20.7 Å². The van der Waals surface area contributed by atoms with Crippen molar-refractivity contribution < 1.29 is 19.4 Å². The number of ether oxygens (including phenoxy) is 1. The lowest BCUT2D eigenvalue weighted by molar-refractivity contribution is -0.115. The molecule has 4 aromatic rings. The Morgan fingerprint density at radius 3 is 2.65 bits per heavy atom. The number of carbonyl (C=O) groups excluding carboxylic acids is 2. The monoisotopic (exact) mass is 495 g/mol. The molecule has 3 aromatic carbocycles. The van der Waals surface area contributed by atoms with Gasteiger partial charge in [0.2, 0.25) is 5.91 Å². The number of rotatable bonds is 7. The summed E-state index contributed by atoms with van der Waals surface area (Å²) in [4.78, 5) is 29.3. The second-order valence-electron chi connectivity index (χ2n) is 8.75. The predicted octanol–water partition coefficient (Wildman–Crippen LogP) is 4.42. The van der Waals surface area contributed by atoms with Crippen molar-refractivity contribution in [2.45, 2.75) is 12.3 Å². The minimum atomic E-state index is -0.538. The summed E-state index contributed by atoms with van der Waals surface area (Å²) in [5, 5.41) is 19.8. The van der Waals surface area contributed by atoms with Crippen molar-refractivity contribution in [3.63, 3.8) is 0 Å². The van der Waals surface area contributed by atoms with Crippen LogP contribution < -0.4 is 15.4 Å². The summed E-state index contributed by atoms with van der Waals surface area (Å²) in [6, 6.07) is 18.4. The van der Waals surface area contributed by atoms with E-state index in [9.17, 15) is 14.7 Å². The second-order valence-corrected chi connectivity index (χ2v) is 8.75. The molecule has 1 unspecified atom stereocenters. The van der Waals surface area contributed by atoms with Crippen LogP contribution in [-0.4, -0.2) is 40.0 Å². The van der Waals surface area contributed by atoms with Gasteiger partial charge in [0.15, 0.2) is 11.5 Å². The topological polar surface area (TPSA) is 118 Å². The Hall–Kier alpha value is -4.92. The molecule has 37 heavy (non-hydrogen) atoms. The molecule has 9 nitrogen and oxygen atoms in total. The number of aromatic hydroxyl groups is 1. The number of methoxy groups -OCH3 is 1. The first-order chi connectivity index (χ1) is 17.9. The molecule has 0 spiro atoms. The molecule has 1 aliphatic rings. The first-order valence-corrected chi connectivity index (χ1v) is 11.6. The molecule has 0 fully saturated rings. The Bertz CT molecular complexity index is 1510. The van der Waals surface area contributed by atoms with Crippen molar-refractivity contribution in [2.75, 3.05) is 17.7 Å². The number of phenols is 1. The molecule has 9 heteroatoms. The van der Waals surface area contributed by atoms with E-state index >= 15 is 0 Å². The maximum Gasteiger partial charge on any atom is 0.258 e. The summed E-state index contributed by atoms with van der Waals surface area (Å²) >= 11 is 0. The molecule has 1 aromatic heterocycles. The fraction of sp³-hybridized carbons (Fsp3) is 0.143. The molecule has 2 heterocycles. The molecule has 2 amide bonds. The van der Waals surface area contributed by atoms with E-state index in [1.165, 1.54) is 19.4 Å². The van der Waals surface area contributed by atoms with E-state index in [-0.39, 0.29) is 17.6 Å². The van der Waals surface area contributed by atoms with Crippen LogP contribution in [0.5, 0.6) is 11.5 Å². The number of amides is 2. The summed E-state index contributed by atoms with van der Waals surface area (Å²) < 4.78 is 6.64. The number of aryl methyl sites for hydroxylation is 1. The molecule has 186 valence electrons. The zero-order valence-electron chi connectivity index (χ0n) is 20.3. The molecule has 1 atom stereocenters. The number of carbonyl (C=O) groups is 2. The van der Waals surface area contributed by atoms with Gasteiger partial charge in [-0.3, -0.25) is 19.3 Å². The maximum atomic E-state index is 12.6. The number of aliphatic imine (C=N–C) groups is 1. The zero-order valence-corrected chi connectivity index (χ0v) is 20.3. The third kappa shape index (κ3) is 5.20. The number of nitrogens with zero attached hydrogens (tertiary/aromatic N) is 3. The standard InChI is InChI=1S/C28H25N5O4/c1-33-16-19(14-30-33)27(35)31-20-6-3-17(4-7-20)11-18-5-9-24-22(12-18)23(28(36)32-24)15-29-21-8-10-26(37-2)25(34)13-21/h3-10,12-16,23,34H,11H2,1-2H3,(H,31,35)(H,32,36). The molecule has 1 aliphatic heterocycles. The van der Waals surface area contributed by atoms with Crippen molar-refractivity contribution in [3.8, 4) is 11.5 Å². The number of anilines is 2. The highest BCUT2D eigenvalue weighted by Crippen LogP contribution is 2.34. The molecular weight excluding hydrogens is 470 g/mol. The average molecular weight is 496 g/mol. The maximum absolute atomic E-state index is 12.6. The van der Waals surface area contributed by atoms with Gasteiger partial charge in [0.1, 0.15) is 5.92 Å². The number of fused-ring (bicyclic) bond motifs is 1. The van der Waals surface area contributed by atoms with Gasteiger partial charge in [-0.25, -0.2) is 0 Å². The Kier molecular flexibility index (Phi) is 6.42. The van der Waals surface area contributed by atoms with Crippen LogP contribution in [0.3, 0.4) is 0 Å². The summed E-state index contributed by atoms with van der Waals surface area (Å²) in [5.41, 5.74) is 5.43. The van der Waals surface area contributed by atoms with E-state index in [0.717, 1.165) is 22.4 Å². The van der Waals surface area contributed by atoms with Gasteiger partial charge in [-0.1, -0.05) is 24.3 Å². The minimum Gasteiger partial charge on any atom is -0.504 e. The Labute approximate surface area is 213 Å². The molecule has 0 bridgehead atoms.